The maximum Gasteiger partial charge on any atom is 0.321 e. The van der Waals surface area contributed by atoms with Crippen LogP contribution in [0.2, 0.25) is 0 Å². The Labute approximate surface area is 468 Å². The molecular formula is C58H84F2N10O6S2. The molecule has 2 aliphatic carbocycles. The van der Waals surface area contributed by atoms with E-state index >= 15 is 0 Å². The van der Waals surface area contributed by atoms with Crippen LogP contribution in [0.3, 0.4) is 0 Å². The van der Waals surface area contributed by atoms with E-state index in [2.05, 4.69) is 54.9 Å². The van der Waals surface area contributed by atoms with Crippen molar-refractivity contribution >= 4 is 68.4 Å². The van der Waals surface area contributed by atoms with Crippen LogP contribution in [0.4, 0.5) is 28.6 Å². The zero-order chi connectivity index (χ0) is 57.1. The largest absolute Gasteiger partial charge is 0.343 e. The van der Waals surface area contributed by atoms with E-state index in [1.165, 1.54) is 60.8 Å². The predicted molar refractivity (Wildman–Crippen MR) is 308 cm³/mol. The minimum Gasteiger partial charge on any atom is -0.343 e. The third kappa shape index (κ3) is 19.9. The fraction of sp³-hybridized carbons (Fsp3) is 0.586. The number of urea groups is 2. The molecule has 20 heteroatoms. The van der Waals surface area contributed by atoms with Crippen molar-refractivity contribution in [1.82, 2.24) is 40.2 Å². The maximum atomic E-state index is 13.2. The molecule has 4 aromatic rings. The zero-order valence-electron chi connectivity index (χ0n) is 47.5. The normalized spacial score (nSPS) is 19.1. The molecule has 428 valence electrons. The van der Waals surface area contributed by atoms with Crippen molar-refractivity contribution in [3.05, 3.63) is 92.4 Å². The Kier molecular flexibility index (Phi) is 25.2. The average molecular weight is 1120 g/mol. The quantitative estimate of drug-likeness (QED) is 0.0492. The highest BCUT2D eigenvalue weighted by molar-refractivity contribution is 7.18. The second kappa shape index (κ2) is 31.2. The summed E-state index contributed by atoms with van der Waals surface area (Å²) >= 11 is 2.36. The van der Waals surface area contributed by atoms with Gasteiger partial charge in [-0.15, -0.1) is 0 Å². The number of nitrogens with one attached hydrogen (secondary N) is 4. The monoisotopic (exact) mass is 1120 g/mol. The SMILES string of the molecule is CCCN(CCCc1ccc(F)cc1)C[C@@H]1CC[C@@H](N(C)C(C)=O)C[C@H]1NC(=O)Nc1nc(C)c(C(C)=O)s1.CCCN(CCCc1ccc(F)cc1)C[C@@H]1CC[C@H](N(C)C(C)=O)C[C@H]1NC(=O)Nc1nc(C)c(C(C)=O)s1. The Morgan fingerprint density at radius 3 is 1.23 bits per heavy atom. The van der Waals surface area contributed by atoms with Gasteiger partial charge < -0.3 is 30.2 Å². The Hall–Kier alpha value is -5.70. The molecule has 2 aromatic carbocycles. The number of anilines is 2. The number of nitrogens with zero attached hydrogens (tertiary/aromatic N) is 6. The minimum atomic E-state index is -0.349. The number of ketones is 2. The van der Waals surface area contributed by atoms with Gasteiger partial charge in [0.25, 0.3) is 0 Å². The van der Waals surface area contributed by atoms with Gasteiger partial charge in [0.15, 0.2) is 21.8 Å². The highest BCUT2D eigenvalue weighted by Gasteiger charge is 2.37. The lowest BCUT2D eigenvalue weighted by Gasteiger charge is -2.41. The molecule has 2 fully saturated rings. The van der Waals surface area contributed by atoms with Crippen LogP contribution in [0.1, 0.15) is 148 Å². The molecule has 2 aliphatic rings. The number of Topliss-reactive ketones (excluding diaryl/α,β-unsaturated/α-hetero) is 2. The van der Waals surface area contributed by atoms with Crippen LogP contribution in [0.25, 0.3) is 0 Å². The minimum absolute atomic E-state index is 0.0186. The summed E-state index contributed by atoms with van der Waals surface area (Å²) in [5.41, 5.74) is 3.47. The first-order valence-electron chi connectivity index (χ1n) is 27.7. The molecule has 0 unspecified atom stereocenters. The van der Waals surface area contributed by atoms with Gasteiger partial charge in [0.1, 0.15) is 11.6 Å². The van der Waals surface area contributed by atoms with Gasteiger partial charge in [0.05, 0.1) is 21.1 Å². The summed E-state index contributed by atoms with van der Waals surface area (Å²) in [5.74, 6) is -0.0811. The Balaban J connectivity index is 0.000000287. The molecule has 0 aliphatic heterocycles. The van der Waals surface area contributed by atoms with Gasteiger partial charge in [-0.2, -0.15) is 0 Å². The predicted octanol–water partition coefficient (Wildman–Crippen LogP) is 10.6. The van der Waals surface area contributed by atoms with E-state index in [0.29, 0.717) is 44.2 Å². The standard InChI is InChI=1S/2C29H42FN5O3S/c2*1-6-15-35(16-7-8-22-9-12-24(30)13-10-22)18-23-11-14-25(34(5)21(4)37)17-26(23)32-28(38)33-29-31-19(2)27(39-29)20(3)36/h2*9-10,12-13,23,25-26H,6-8,11,14-18H2,1-5H3,(H2,31,32,33,38)/t23-,25+,26+;23-,25-,26+/m00/s1. The number of benzene rings is 2. The highest BCUT2D eigenvalue weighted by Crippen LogP contribution is 2.32. The molecule has 16 nitrogen and oxygen atoms in total. The lowest BCUT2D eigenvalue weighted by molar-refractivity contribution is -0.131. The highest BCUT2D eigenvalue weighted by atomic mass is 32.1. The maximum absolute atomic E-state index is 13.2. The van der Waals surface area contributed by atoms with E-state index in [0.717, 1.165) is 115 Å². The van der Waals surface area contributed by atoms with E-state index in [9.17, 15) is 37.5 Å². The Bertz CT molecular complexity index is 2420. The van der Waals surface area contributed by atoms with Crippen molar-refractivity contribution in [2.75, 3.05) is 64.0 Å². The van der Waals surface area contributed by atoms with Gasteiger partial charge >= 0.3 is 12.1 Å². The van der Waals surface area contributed by atoms with E-state index in [4.69, 9.17) is 0 Å². The number of hydrogen-bond acceptors (Lipinski definition) is 12. The fourth-order valence-electron chi connectivity index (χ4n) is 10.8. The van der Waals surface area contributed by atoms with Crippen LogP contribution in [0, 0.1) is 37.3 Å². The van der Waals surface area contributed by atoms with Crippen molar-refractivity contribution in [2.24, 2.45) is 11.8 Å². The van der Waals surface area contributed by atoms with Gasteiger partial charge in [0.2, 0.25) is 11.8 Å². The zero-order valence-corrected chi connectivity index (χ0v) is 49.1. The second-order valence-electron chi connectivity index (χ2n) is 21.2. The van der Waals surface area contributed by atoms with Crippen LogP contribution < -0.4 is 21.3 Å². The third-order valence-corrected chi connectivity index (χ3v) is 17.4. The van der Waals surface area contributed by atoms with Gasteiger partial charge in [-0.05, 0) is 164 Å². The van der Waals surface area contributed by atoms with Crippen LogP contribution in [0.15, 0.2) is 48.5 Å². The first kappa shape index (κ1) is 63.1. The number of halogens is 2. The molecule has 6 rings (SSSR count). The number of rotatable bonds is 24. The number of carbonyl (C=O) groups is 6. The van der Waals surface area contributed by atoms with E-state index in [-0.39, 0.29) is 83.1 Å². The van der Waals surface area contributed by atoms with E-state index < -0.39 is 0 Å². The molecule has 2 saturated carbocycles. The molecule has 0 radical (unpaired) electrons. The molecule has 0 saturated heterocycles. The molecule has 0 bridgehead atoms. The number of thiazole rings is 2. The van der Waals surface area contributed by atoms with Crippen molar-refractivity contribution in [3.8, 4) is 0 Å². The molecular weight excluding hydrogens is 1030 g/mol. The average Bonchev–Trinajstić information content (AvgIpc) is 3.96. The van der Waals surface area contributed by atoms with Crippen molar-refractivity contribution in [1.29, 1.82) is 0 Å². The van der Waals surface area contributed by atoms with Crippen LogP contribution in [-0.4, -0.2) is 143 Å². The summed E-state index contributed by atoms with van der Waals surface area (Å²) in [5, 5.41) is 12.7. The summed E-state index contributed by atoms with van der Waals surface area (Å²) in [6.07, 6.45) is 10.7. The number of carbonyl (C=O) groups excluding carboxylic acids is 6. The van der Waals surface area contributed by atoms with E-state index in [1.807, 2.05) is 38.4 Å². The summed E-state index contributed by atoms with van der Waals surface area (Å²) in [6, 6.07) is 12.6. The topological polar surface area (TPSA) is 189 Å². The molecule has 78 heavy (non-hydrogen) atoms. The van der Waals surface area contributed by atoms with Crippen LogP contribution >= 0.6 is 22.7 Å². The number of aromatic nitrogens is 2. The summed E-state index contributed by atoms with van der Waals surface area (Å²) in [6.45, 7) is 19.4. The summed E-state index contributed by atoms with van der Waals surface area (Å²) < 4.78 is 26.5. The second-order valence-corrected chi connectivity index (χ2v) is 23.2. The molecule has 0 spiro atoms. The molecule has 4 N–H and O–H groups in total. The van der Waals surface area contributed by atoms with Crippen molar-refractivity contribution < 1.29 is 37.5 Å². The molecule has 2 aromatic heterocycles. The Morgan fingerprint density at radius 1 is 0.564 bits per heavy atom. The Morgan fingerprint density at radius 2 is 0.923 bits per heavy atom. The van der Waals surface area contributed by atoms with Gasteiger partial charge in [-0.3, -0.25) is 29.8 Å². The first-order chi connectivity index (χ1) is 37.1. The number of hydrogen-bond donors (Lipinski definition) is 4. The lowest BCUT2D eigenvalue weighted by Crippen LogP contribution is -2.53. The van der Waals surface area contributed by atoms with Gasteiger partial charge in [0, 0.05) is 79.0 Å². The molecule has 6 atom stereocenters. The molecule has 6 amide bonds. The third-order valence-electron chi connectivity index (χ3n) is 15.1. The molecule has 2 heterocycles. The van der Waals surface area contributed by atoms with Crippen molar-refractivity contribution in [2.45, 2.75) is 157 Å². The van der Waals surface area contributed by atoms with Gasteiger partial charge in [-0.25, -0.2) is 28.3 Å². The smallest absolute Gasteiger partial charge is 0.321 e. The lowest BCUT2D eigenvalue weighted by atomic mass is 9.80. The first-order valence-corrected chi connectivity index (χ1v) is 29.3. The number of amides is 6. The van der Waals surface area contributed by atoms with Crippen LogP contribution in [0.5, 0.6) is 0 Å². The van der Waals surface area contributed by atoms with E-state index in [1.54, 1.807) is 37.5 Å². The van der Waals surface area contributed by atoms with Crippen LogP contribution in [-0.2, 0) is 22.4 Å². The number of aryl methyl sites for hydroxylation is 4. The van der Waals surface area contributed by atoms with Gasteiger partial charge in [-0.1, -0.05) is 60.8 Å². The summed E-state index contributed by atoms with van der Waals surface area (Å²) in [4.78, 5) is 92.0. The summed E-state index contributed by atoms with van der Waals surface area (Å²) in [7, 11) is 3.65. The fourth-order valence-corrected chi connectivity index (χ4v) is 12.5. The van der Waals surface area contributed by atoms with Crippen molar-refractivity contribution in [3.63, 3.8) is 0 Å².